The van der Waals surface area contributed by atoms with E-state index in [0.29, 0.717) is 29.5 Å². The summed E-state index contributed by atoms with van der Waals surface area (Å²) in [5, 5.41) is 8.74. The van der Waals surface area contributed by atoms with E-state index in [1.165, 1.54) is 11.3 Å². The average molecular weight is 390 g/mol. The Bertz CT molecular complexity index is 733. The molecule has 2 rings (SSSR count). The molecule has 148 valence electrons. The smallest absolute Gasteiger partial charge is 0.270 e. The van der Waals surface area contributed by atoms with Crippen LogP contribution in [-0.2, 0) is 0 Å². The minimum absolute atomic E-state index is 0.131. The molecule has 0 aliphatic carbocycles. The van der Waals surface area contributed by atoms with Crippen LogP contribution in [0.15, 0.2) is 29.6 Å². The number of anilines is 3. The first-order valence-corrected chi connectivity index (χ1v) is 10.2. The molecule has 1 aromatic heterocycles. The summed E-state index contributed by atoms with van der Waals surface area (Å²) >= 11 is 1.43. The van der Waals surface area contributed by atoms with Crippen molar-refractivity contribution in [1.29, 1.82) is 0 Å². The highest BCUT2D eigenvalue weighted by molar-refractivity contribution is 7.14. The summed E-state index contributed by atoms with van der Waals surface area (Å²) < 4.78 is 0. The third-order valence-electron chi connectivity index (χ3n) is 4.33. The van der Waals surface area contributed by atoms with E-state index < -0.39 is 0 Å². The Morgan fingerprint density at radius 2 is 1.89 bits per heavy atom. The molecule has 0 radical (unpaired) electrons. The lowest BCUT2D eigenvalue weighted by atomic mass is 10.2. The zero-order chi connectivity index (χ0) is 20.0. The van der Waals surface area contributed by atoms with E-state index in [4.69, 9.17) is 0 Å². The average Bonchev–Trinajstić information content (AvgIpc) is 3.06. The molecule has 1 aromatic carbocycles. The zero-order valence-electron chi connectivity index (χ0n) is 17.1. The van der Waals surface area contributed by atoms with E-state index in [0.717, 1.165) is 17.9 Å². The molecule has 2 N–H and O–H groups in total. The SMILES string of the molecule is CC(C)N(CCNC(=O)c1csc(Nc2cccc(N(C)C)c2)n1)C(C)C. The second kappa shape index (κ2) is 9.71. The molecule has 0 atom stereocenters. The van der Waals surface area contributed by atoms with Crippen LogP contribution in [0.3, 0.4) is 0 Å². The maximum Gasteiger partial charge on any atom is 0.270 e. The van der Waals surface area contributed by atoms with Gasteiger partial charge in [-0.1, -0.05) is 6.07 Å². The molecule has 6 nitrogen and oxygen atoms in total. The molecule has 0 aliphatic rings. The summed E-state index contributed by atoms with van der Waals surface area (Å²) in [5.41, 5.74) is 2.51. The Balaban J connectivity index is 1.91. The number of hydrogen-bond donors (Lipinski definition) is 2. The van der Waals surface area contributed by atoms with E-state index in [9.17, 15) is 4.79 Å². The Labute approximate surface area is 166 Å². The number of amides is 1. The first-order chi connectivity index (χ1) is 12.8. The lowest BCUT2D eigenvalue weighted by Gasteiger charge is -2.30. The van der Waals surface area contributed by atoms with Gasteiger partial charge in [-0.25, -0.2) is 4.98 Å². The lowest BCUT2D eigenvalue weighted by Crippen LogP contribution is -2.42. The molecule has 7 heteroatoms. The van der Waals surface area contributed by atoms with Crippen molar-refractivity contribution < 1.29 is 4.79 Å². The van der Waals surface area contributed by atoms with Crippen molar-refractivity contribution in [2.75, 3.05) is 37.4 Å². The summed E-state index contributed by atoms with van der Waals surface area (Å²) in [4.78, 5) is 21.2. The molecule has 0 bridgehead atoms. The van der Waals surface area contributed by atoms with Crippen molar-refractivity contribution in [1.82, 2.24) is 15.2 Å². The Morgan fingerprint density at radius 1 is 1.19 bits per heavy atom. The number of carbonyl (C=O) groups excluding carboxylic acids is 1. The molecule has 0 fully saturated rings. The van der Waals surface area contributed by atoms with Crippen LogP contribution in [0.1, 0.15) is 38.2 Å². The van der Waals surface area contributed by atoms with Crippen LogP contribution in [0, 0.1) is 0 Å². The summed E-state index contributed by atoms with van der Waals surface area (Å²) in [7, 11) is 4.01. The Hall–Kier alpha value is -2.12. The molecular weight excluding hydrogens is 358 g/mol. The van der Waals surface area contributed by atoms with Crippen LogP contribution in [0.25, 0.3) is 0 Å². The monoisotopic (exact) mass is 389 g/mol. The number of thiazole rings is 1. The van der Waals surface area contributed by atoms with Crippen molar-refractivity contribution in [2.45, 2.75) is 39.8 Å². The third kappa shape index (κ3) is 6.22. The van der Waals surface area contributed by atoms with Gasteiger partial charge in [0.15, 0.2) is 5.13 Å². The number of nitrogens with zero attached hydrogens (tertiary/aromatic N) is 3. The van der Waals surface area contributed by atoms with Crippen LogP contribution in [0.4, 0.5) is 16.5 Å². The lowest BCUT2D eigenvalue weighted by molar-refractivity contribution is 0.0935. The van der Waals surface area contributed by atoms with E-state index in [-0.39, 0.29) is 5.91 Å². The van der Waals surface area contributed by atoms with Crippen molar-refractivity contribution in [3.63, 3.8) is 0 Å². The van der Waals surface area contributed by atoms with E-state index in [2.05, 4.69) is 48.2 Å². The molecule has 0 saturated heterocycles. The number of nitrogens with one attached hydrogen (secondary N) is 2. The van der Waals surface area contributed by atoms with Gasteiger partial charge in [0.1, 0.15) is 5.69 Å². The van der Waals surface area contributed by atoms with Gasteiger partial charge >= 0.3 is 0 Å². The normalized spacial score (nSPS) is 11.3. The molecule has 27 heavy (non-hydrogen) atoms. The molecule has 0 saturated carbocycles. The highest BCUT2D eigenvalue weighted by atomic mass is 32.1. The quantitative estimate of drug-likeness (QED) is 0.683. The molecular formula is C20H31N5OS. The van der Waals surface area contributed by atoms with Crippen LogP contribution < -0.4 is 15.5 Å². The maximum absolute atomic E-state index is 12.4. The minimum atomic E-state index is -0.131. The fourth-order valence-electron chi connectivity index (χ4n) is 2.92. The minimum Gasteiger partial charge on any atom is -0.378 e. The molecule has 2 aromatic rings. The highest BCUT2D eigenvalue weighted by Crippen LogP contribution is 2.24. The van der Waals surface area contributed by atoms with Gasteiger partial charge in [0, 0.05) is 56.0 Å². The highest BCUT2D eigenvalue weighted by Gasteiger charge is 2.15. The number of rotatable bonds is 9. The van der Waals surface area contributed by atoms with Crippen molar-refractivity contribution in [2.24, 2.45) is 0 Å². The predicted octanol–water partition coefficient (Wildman–Crippen LogP) is 3.80. The van der Waals surface area contributed by atoms with E-state index in [1.807, 2.05) is 43.3 Å². The van der Waals surface area contributed by atoms with E-state index in [1.54, 1.807) is 5.38 Å². The molecule has 0 unspecified atom stereocenters. The second-order valence-electron chi connectivity index (χ2n) is 7.29. The molecule has 1 heterocycles. The summed E-state index contributed by atoms with van der Waals surface area (Å²) in [6.45, 7) is 10.1. The number of carbonyl (C=O) groups is 1. The largest absolute Gasteiger partial charge is 0.378 e. The Morgan fingerprint density at radius 3 is 2.52 bits per heavy atom. The number of aromatic nitrogens is 1. The predicted molar refractivity (Wildman–Crippen MR) is 115 cm³/mol. The van der Waals surface area contributed by atoms with Crippen LogP contribution >= 0.6 is 11.3 Å². The number of hydrogen-bond acceptors (Lipinski definition) is 6. The van der Waals surface area contributed by atoms with Gasteiger partial charge in [-0.3, -0.25) is 9.69 Å². The molecule has 0 spiro atoms. The van der Waals surface area contributed by atoms with Gasteiger partial charge in [0.2, 0.25) is 0 Å². The standard InChI is InChI=1S/C20H31N5OS/c1-14(2)25(15(3)4)11-10-21-19(26)18-13-27-20(23-18)22-16-8-7-9-17(12-16)24(5)6/h7-9,12-15H,10-11H2,1-6H3,(H,21,26)(H,22,23). The Kier molecular flexibility index (Phi) is 7.62. The summed E-state index contributed by atoms with van der Waals surface area (Å²) in [6.07, 6.45) is 0. The van der Waals surface area contributed by atoms with Gasteiger partial charge in [-0.2, -0.15) is 0 Å². The van der Waals surface area contributed by atoms with Crippen LogP contribution in [0.2, 0.25) is 0 Å². The fraction of sp³-hybridized carbons (Fsp3) is 0.500. The van der Waals surface area contributed by atoms with Crippen LogP contribution in [-0.4, -0.2) is 55.1 Å². The van der Waals surface area contributed by atoms with Gasteiger partial charge < -0.3 is 15.5 Å². The summed E-state index contributed by atoms with van der Waals surface area (Å²) in [6, 6.07) is 8.98. The van der Waals surface area contributed by atoms with Crippen molar-refractivity contribution >= 4 is 33.8 Å². The van der Waals surface area contributed by atoms with Gasteiger partial charge in [-0.15, -0.1) is 11.3 Å². The number of benzene rings is 1. The first-order valence-electron chi connectivity index (χ1n) is 9.31. The second-order valence-corrected chi connectivity index (χ2v) is 8.15. The van der Waals surface area contributed by atoms with E-state index >= 15 is 0 Å². The van der Waals surface area contributed by atoms with Crippen molar-refractivity contribution in [3.8, 4) is 0 Å². The van der Waals surface area contributed by atoms with Gasteiger partial charge in [0.05, 0.1) is 0 Å². The van der Waals surface area contributed by atoms with Gasteiger partial charge in [-0.05, 0) is 45.9 Å². The third-order valence-corrected chi connectivity index (χ3v) is 5.09. The first kappa shape index (κ1) is 21.2. The summed E-state index contributed by atoms with van der Waals surface area (Å²) in [5.74, 6) is -0.131. The zero-order valence-corrected chi connectivity index (χ0v) is 17.9. The fourth-order valence-corrected chi connectivity index (χ4v) is 3.63. The van der Waals surface area contributed by atoms with Gasteiger partial charge in [0.25, 0.3) is 5.91 Å². The van der Waals surface area contributed by atoms with Crippen LogP contribution in [0.5, 0.6) is 0 Å². The van der Waals surface area contributed by atoms with Crippen molar-refractivity contribution in [3.05, 3.63) is 35.3 Å². The topological polar surface area (TPSA) is 60.5 Å². The maximum atomic E-state index is 12.4. The molecule has 1 amide bonds. The molecule has 0 aliphatic heterocycles.